The van der Waals surface area contributed by atoms with Crippen LogP contribution in [-0.4, -0.2) is 34.8 Å². The first-order valence-corrected chi connectivity index (χ1v) is 8.86. The van der Waals surface area contributed by atoms with Crippen LogP contribution in [0.5, 0.6) is 0 Å². The van der Waals surface area contributed by atoms with Gasteiger partial charge in [-0.05, 0) is 48.1 Å². The predicted octanol–water partition coefficient (Wildman–Crippen LogP) is 2.68. The van der Waals surface area contributed by atoms with E-state index < -0.39 is 5.91 Å². The molecule has 0 atom stereocenters. The highest BCUT2D eigenvalue weighted by atomic mass is 16.2. The number of hydrogen-bond donors (Lipinski definition) is 1. The second-order valence-electron chi connectivity index (χ2n) is 6.60. The quantitative estimate of drug-likeness (QED) is 0.901. The number of nitrogens with zero attached hydrogens (tertiary/aromatic N) is 2. The van der Waals surface area contributed by atoms with Gasteiger partial charge in [-0.15, -0.1) is 0 Å². The second kappa shape index (κ2) is 8.43. The molecule has 3 rings (SSSR count). The number of carbonyl (C=O) groups excluding carboxylic acids is 2. The van der Waals surface area contributed by atoms with E-state index in [1.165, 1.54) is 0 Å². The molecule has 0 aliphatic carbocycles. The van der Waals surface area contributed by atoms with Gasteiger partial charge in [-0.2, -0.15) is 0 Å². The van der Waals surface area contributed by atoms with Gasteiger partial charge in [-0.3, -0.25) is 14.6 Å². The summed E-state index contributed by atoms with van der Waals surface area (Å²) in [5.41, 5.74) is 7.77. The molecule has 1 aromatic carbocycles. The van der Waals surface area contributed by atoms with Crippen LogP contribution in [0.4, 0.5) is 0 Å². The maximum Gasteiger partial charge on any atom is 0.248 e. The lowest BCUT2D eigenvalue weighted by Gasteiger charge is -2.30. The van der Waals surface area contributed by atoms with Gasteiger partial charge < -0.3 is 10.6 Å². The van der Waals surface area contributed by atoms with E-state index in [0.29, 0.717) is 17.9 Å². The van der Waals surface area contributed by atoms with Gasteiger partial charge in [-0.1, -0.05) is 30.4 Å². The maximum atomic E-state index is 12.4. The lowest BCUT2D eigenvalue weighted by atomic mass is 9.95. The van der Waals surface area contributed by atoms with Crippen molar-refractivity contribution in [2.45, 2.75) is 19.3 Å². The van der Waals surface area contributed by atoms with Crippen LogP contribution in [0.1, 0.15) is 34.3 Å². The summed E-state index contributed by atoms with van der Waals surface area (Å²) >= 11 is 0. The smallest absolute Gasteiger partial charge is 0.248 e. The first kappa shape index (κ1) is 17.9. The monoisotopic (exact) mass is 349 g/mol. The second-order valence-corrected chi connectivity index (χ2v) is 6.60. The van der Waals surface area contributed by atoms with Gasteiger partial charge in [0.15, 0.2) is 0 Å². The number of aromatic nitrogens is 1. The Kier molecular flexibility index (Phi) is 5.79. The lowest BCUT2D eigenvalue weighted by Crippen LogP contribution is -2.39. The summed E-state index contributed by atoms with van der Waals surface area (Å²) in [6.07, 6.45) is 10.1. The Hall–Kier alpha value is -2.95. The molecule has 134 valence electrons. The van der Waals surface area contributed by atoms with Gasteiger partial charge in [0.25, 0.3) is 0 Å². The molecule has 1 aliphatic rings. The Balaban J connectivity index is 1.48. The summed E-state index contributed by atoms with van der Waals surface area (Å²) in [6.45, 7) is 1.57. The summed E-state index contributed by atoms with van der Waals surface area (Å²) < 4.78 is 0. The third-order valence-corrected chi connectivity index (χ3v) is 4.73. The lowest BCUT2D eigenvalue weighted by molar-refractivity contribution is -0.131. The van der Waals surface area contributed by atoms with E-state index in [1.807, 2.05) is 29.2 Å². The number of benzene rings is 1. The van der Waals surface area contributed by atoms with Gasteiger partial charge in [-0.25, -0.2) is 0 Å². The number of hydrogen-bond acceptors (Lipinski definition) is 3. The molecular weight excluding hydrogens is 326 g/mol. The molecule has 2 heterocycles. The number of rotatable bonds is 5. The minimum Gasteiger partial charge on any atom is -0.366 e. The largest absolute Gasteiger partial charge is 0.366 e. The first-order valence-electron chi connectivity index (χ1n) is 8.86. The fourth-order valence-electron chi connectivity index (χ4n) is 3.14. The Morgan fingerprint density at radius 3 is 2.50 bits per heavy atom. The van der Waals surface area contributed by atoms with Crippen LogP contribution in [0.2, 0.25) is 0 Å². The van der Waals surface area contributed by atoms with Gasteiger partial charge in [0.05, 0.1) is 6.42 Å². The molecular formula is C21H23N3O2. The Labute approximate surface area is 153 Å². The summed E-state index contributed by atoms with van der Waals surface area (Å²) in [5, 5.41) is 0. The van der Waals surface area contributed by atoms with Crippen molar-refractivity contribution in [2.24, 2.45) is 11.7 Å². The highest BCUT2D eigenvalue weighted by Gasteiger charge is 2.21. The highest BCUT2D eigenvalue weighted by Crippen LogP contribution is 2.20. The molecule has 1 aliphatic heterocycles. The third-order valence-electron chi connectivity index (χ3n) is 4.73. The SMILES string of the molecule is NC(=O)c1ccc(/C=C/C2CCN(C(=O)Cc3cccnc3)CC2)cc1. The molecule has 0 bridgehead atoms. The molecule has 2 aromatic rings. The molecule has 2 N–H and O–H groups in total. The molecule has 5 nitrogen and oxygen atoms in total. The Morgan fingerprint density at radius 2 is 1.88 bits per heavy atom. The number of piperidine rings is 1. The number of allylic oxidation sites excluding steroid dienone is 1. The van der Waals surface area contributed by atoms with E-state index in [0.717, 1.165) is 37.1 Å². The average Bonchev–Trinajstić information content (AvgIpc) is 2.68. The number of carbonyl (C=O) groups is 2. The molecule has 0 unspecified atom stereocenters. The van der Waals surface area contributed by atoms with Crippen molar-refractivity contribution in [3.8, 4) is 0 Å². The normalized spacial score (nSPS) is 15.3. The van der Waals surface area contributed by atoms with E-state index in [9.17, 15) is 9.59 Å². The molecule has 1 aromatic heterocycles. The van der Waals surface area contributed by atoms with Crippen molar-refractivity contribution in [3.63, 3.8) is 0 Å². The van der Waals surface area contributed by atoms with E-state index in [2.05, 4.69) is 17.1 Å². The predicted molar refractivity (Wildman–Crippen MR) is 101 cm³/mol. The molecule has 5 heteroatoms. The van der Waals surface area contributed by atoms with Crippen molar-refractivity contribution in [1.29, 1.82) is 0 Å². The van der Waals surface area contributed by atoms with Crippen molar-refractivity contribution >= 4 is 17.9 Å². The molecule has 2 amide bonds. The fraction of sp³-hybridized carbons (Fsp3) is 0.286. The van der Waals surface area contributed by atoms with Crippen molar-refractivity contribution in [1.82, 2.24) is 9.88 Å². The van der Waals surface area contributed by atoms with Crippen LogP contribution in [0.15, 0.2) is 54.9 Å². The number of amides is 2. The van der Waals surface area contributed by atoms with Crippen molar-refractivity contribution in [2.75, 3.05) is 13.1 Å². The topological polar surface area (TPSA) is 76.3 Å². The minimum absolute atomic E-state index is 0.169. The van der Waals surface area contributed by atoms with Crippen LogP contribution >= 0.6 is 0 Å². The number of pyridine rings is 1. The average molecular weight is 349 g/mol. The van der Waals surface area contributed by atoms with Crippen LogP contribution in [0, 0.1) is 5.92 Å². The highest BCUT2D eigenvalue weighted by molar-refractivity contribution is 5.92. The van der Waals surface area contributed by atoms with Crippen LogP contribution in [0.25, 0.3) is 6.08 Å². The molecule has 1 saturated heterocycles. The van der Waals surface area contributed by atoms with Crippen LogP contribution < -0.4 is 5.73 Å². The van der Waals surface area contributed by atoms with E-state index in [1.54, 1.807) is 24.5 Å². The van der Waals surface area contributed by atoms with Gasteiger partial charge in [0.2, 0.25) is 11.8 Å². The molecule has 0 radical (unpaired) electrons. The maximum absolute atomic E-state index is 12.4. The van der Waals surface area contributed by atoms with E-state index >= 15 is 0 Å². The number of primary amides is 1. The molecule has 0 saturated carbocycles. The summed E-state index contributed by atoms with van der Waals surface area (Å²) in [7, 11) is 0. The minimum atomic E-state index is -0.413. The fourth-order valence-corrected chi connectivity index (χ4v) is 3.14. The molecule has 1 fully saturated rings. The Bertz CT molecular complexity index is 777. The zero-order valence-corrected chi connectivity index (χ0v) is 14.7. The zero-order valence-electron chi connectivity index (χ0n) is 14.7. The van der Waals surface area contributed by atoms with E-state index in [-0.39, 0.29) is 5.91 Å². The Morgan fingerprint density at radius 1 is 1.15 bits per heavy atom. The molecule has 0 spiro atoms. The van der Waals surface area contributed by atoms with Crippen molar-refractivity contribution in [3.05, 3.63) is 71.6 Å². The molecule has 26 heavy (non-hydrogen) atoms. The summed E-state index contributed by atoms with van der Waals surface area (Å²) in [5.74, 6) is 0.222. The standard InChI is InChI=1S/C21H23N3O2/c22-21(26)19-7-5-16(6-8-19)3-4-17-9-12-24(13-10-17)20(25)14-18-2-1-11-23-15-18/h1-8,11,15,17H,9-10,12-14H2,(H2,22,26)/b4-3+. The number of nitrogens with two attached hydrogens (primary N) is 1. The van der Waals surface area contributed by atoms with Gasteiger partial charge >= 0.3 is 0 Å². The van der Waals surface area contributed by atoms with Crippen LogP contribution in [0.3, 0.4) is 0 Å². The van der Waals surface area contributed by atoms with E-state index in [4.69, 9.17) is 5.73 Å². The summed E-state index contributed by atoms with van der Waals surface area (Å²) in [6, 6.07) is 11.1. The number of likely N-dealkylation sites (tertiary alicyclic amines) is 1. The van der Waals surface area contributed by atoms with Gasteiger partial charge in [0, 0.05) is 31.0 Å². The third kappa shape index (κ3) is 4.79. The van der Waals surface area contributed by atoms with Crippen molar-refractivity contribution < 1.29 is 9.59 Å². The van der Waals surface area contributed by atoms with Crippen LogP contribution in [-0.2, 0) is 11.2 Å². The zero-order chi connectivity index (χ0) is 18.4. The van der Waals surface area contributed by atoms with Gasteiger partial charge in [0.1, 0.15) is 0 Å². The summed E-state index contributed by atoms with van der Waals surface area (Å²) in [4.78, 5) is 29.5. The first-order chi connectivity index (χ1) is 12.6.